The molecule has 0 radical (unpaired) electrons. The average Bonchev–Trinajstić information content (AvgIpc) is 2.97. The van der Waals surface area contributed by atoms with Crippen LogP contribution < -0.4 is 26.6 Å². The van der Waals surface area contributed by atoms with Crippen LogP contribution in [0, 0.1) is 5.41 Å². The lowest BCUT2D eigenvalue weighted by atomic mass is 9.69. The molecule has 0 spiro atoms. The number of aliphatic imine (C=N–C) groups is 1. The van der Waals surface area contributed by atoms with Crippen LogP contribution in [-0.2, 0) is 0 Å². The Balaban J connectivity index is 1.39. The minimum atomic E-state index is -0.0914. The normalized spacial score (nSPS) is 24.0. The van der Waals surface area contributed by atoms with Gasteiger partial charge in [0, 0.05) is 25.0 Å². The lowest BCUT2D eigenvalue weighted by Crippen LogP contribution is -2.48. The molecule has 0 aliphatic carbocycles. The van der Waals surface area contributed by atoms with Crippen molar-refractivity contribution >= 4 is 17.2 Å². The number of nitrogens with one attached hydrogen (secondary N) is 3. The molecule has 2 heterocycles. The van der Waals surface area contributed by atoms with Crippen LogP contribution in [0.5, 0.6) is 0 Å². The molecule has 0 saturated carbocycles. The number of unbranched alkanes of at least 4 members (excludes halogenated alkanes) is 1. The van der Waals surface area contributed by atoms with E-state index in [1.807, 2.05) is 0 Å². The smallest absolute Gasteiger partial charge is 0.109 e. The first-order valence-electron chi connectivity index (χ1n) is 13.9. The van der Waals surface area contributed by atoms with Crippen LogP contribution in [0.3, 0.4) is 0 Å². The van der Waals surface area contributed by atoms with Crippen LogP contribution in [0.25, 0.3) is 0 Å². The molecule has 4 rings (SSSR count). The highest BCUT2D eigenvalue weighted by Gasteiger charge is 2.49. The van der Waals surface area contributed by atoms with E-state index in [2.05, 4.69) is 90.3 Å². The van der Waals surface area contributed by atoms with Crippen molar-refractivity contribution in [1.29, 1.82) is 0 Å². The van der Waals surface area contributed by atoms with Crippen molar-refractivity contribution in [2.24, 2.45) is 16.1 Å². The number of benzene rings is 2. The van der Waals surface area contributed by atoms with Gasteiger partial charge in [-0.2, -0.15) is 0 Å². The standard InChI is InChI=1S/C30H46N6/c1-23-22-30(2)28(36(3)27-15-7-5-12-24(23)27)25-13-4-6-14-26(25)35-29(30)34-21-11-20-33-18-9-8-17-32-19-10-16-31/h4-7,12-15,23,28,32-33H,8-11,16-22,31H2,1-3H3,(H,34,35)/t23?,28-,30-/m0/s1. The van der Waals surface area contributed by atoms with Crippen LogP contribution in [0.2, 0.25) is 0 Å². The molecule has 2 aliphatic heterocycles. The number of rotatable bonds is 12. The molecule has 1 unspecified atom stereocenters. The van der Waals surface area contributed by atoms with Crippen LogP contribution in [0.15, 0.2) is 53.5 Å². The summed E-state index contributed by atoms with van der Waals surface area (Å²) in [6.45, 7) is 10.6. The Bertz CT molecular complexity index is 1000. The highest BCUT2D eigenvalue weighted by molar-refractivity contribution is 6.04. The molecule has 6 heteroatoms. The number of hydrogen-bond donors (Lipinski definition) is 4. The zero-order chi connectivity index (χ0) is 25.4. The number of nitrogens with two attached hydrogens (primary N) is 1. The molecule has 2 aromatic rings. The fraction of sp³-hybridized carbons (Fsp3) is 0.567. The lowest BCUT2D eigenvalue weighted by Gasteiger charge is -2.47. The van der Waals surface area contributed by atoms with Gasteiger partial charge in [-0.1, -0.05) is 50.2 Å². The van der Waals surface area contributed by atoms with Crippen LogP contribution >= 0.6 is 0 Å². The minimum absolute atomic E-state index is 0.0914. The quantitative estimate of drug-likeness (QED) is 0.318. The Morgan fingerprint density at radius 2 is 1.58 bits per heavy atom. The van der Waals surface area contributed by atoms with E-state index in [9.17, 15) is 0 Å². The highest BCUT2D eigenvalue weighted by atomic mass is 15.2. The van der Waals surface area contributed by atoms with Gasteiger partial charge in [0.25, 0.3) is 0 Å². The van der Waals surface area contributed by atoms with Gasteiger partial charge in [0.1, 0.15) is 5.84 Å². The van der Waals surface area contributed by atoms with Gasteiger partial charge in [-0.25, -0.2) is 0 Å². The summed E-state index contributed by atoms with van der Waals surface area (Å²) in [5.74, 6) is 1.60. The van der Waals surface area contributed by atoms with Gasteiger partial charge in [-0.15, -0.1) is 0 Å². The molecule has 2 aromatic carbocycles. The first-order valence-corrected chi connectivity index (χ1v) is 13.9. The third-order valence-corrected chi connectivity index (χ3v) is 7.91. The third kappa shape index (κ3) is 5.93. The van der Waals surface area contributed by atoms with Crippen molar-refractivity contribution in [1.82, 2.24) is 10.6 Å². The van der Waals surface area contributed by atoms with Crippen LogP contribution in [0.1, 0.15) is 69.0 Å². The molecule has 6 nitrogen and oxygen atoms in total. The Morgan fingerprint density at radius 1 is 0.944 bits per heavy atom. The van der Waals surface area contributed by atoms with E-state index in [-0.39, 0.29) is 11.5 Å². The topological polar surface area (TPSA) is 77.7 Å². The molecule has 0 aromatic heterocycles. The summed E-state index contributed by atoms with van der Waals surface area (Å²) >= 11 is 0. The molecule has 0 bridgehead atoms. The summed E-state index contributed by atoms with van der Waals surface area (Å²) in [6, 6.07) is 17.9. The van der Waals surface area contributed by atoms with Crippen molar-refractivity contribution in [3.63, 3.8) is 0 Å². The zero-order valence-electron chi connectivity index (χ0n) is 22.5. The van der Waals surface area contributed by atoms with E-state index in [0.29, 0.717) is 5.92 Å². The number of anilines is 2. The monoisotopic (exact) mass is 490 g/mol. The summed E-state index contributed by atoms with van der Waals surface area (Å²) in [6.07, 6.45) is 5.58. The molecular formula is C30H46N6. The second-order valence-electron chi connectivity index (χ2n) is 10.7. The number of amidine groups is 1. The number of para-hydroxylation sites is 2. The van der Waals surface area contributed by atoms with E-state index in [0.717, 1.165) is 64.4 Å². The van der Waals surface area contributed by atoms with E-state index in [1.54, 1.807) is 0 Å². The van der Waals surface area contributed by atoms with E-state index in [1.165, 1.54) is 35.3 Å². The molecule has 0 fully saturated rings. The van der Waals surface area contributed by atoms with Gasteiger partial charge in [0.15, 0.2) is 0 Å². The summed E-state index contributed by atoms with van der Waals surface area (Å²) in [5, 5.41) is 10.8. The predicted molar refractivity (Wildman–Crippen MR) is 154 cm³/mol. The van der Waals surface area contributed by atoms with E-state index in [4.69, 9.17) is 10.7 Å². The van der Waals surface area contributed by atoms with Gasteiger partial charge in [0.05, 0.1) is 11.5 Å². The minimum Gasteiger partial charge on any atom is -0.366 e. The molecular weight excluding hydrogens is 444 g/mol. The maximum absolute atomic E-state index is 5.53. The molecule has 36 heavy (non-hydrogen) atoms. The van der Waals surface area contributed by atoms with Crippen molar-refractivity contribution in [2.75, 3.05) is 56.5 Å². The Labute approximate surface area is 218 Å². The van der Waals surface area contributed by atoms with Gasteiger partial charge in [-0.3, -0.25) is 4.99 Å². The highest BCUT2D eigenvalue weighted by Crippen LogP contribution is 2.55. The van der Waals surface area contributed by atoms with E-state index < -0.39 is 0 Å². The van der Waals surface area contributed by atoms with E-state index >= 15 is 0 Å². The molecule has 5 N–H and O–H groups in total. The molecule has 196 valence electrons. The molecule has 0 saturated heterocycles. The number of fused-ring (bicyclic) bond motifs is 4. The van der Waals surface area contributed by atoms with Gasteiger partial charge >= 0.3 is 0 Å². The fourth-order valence-corrected chi connectivity index (χ4v) is 6.14. The predicted octanol–water partition coefficient (Wildman–Crippen LogP) is 4.90. The number of nitrogens with zero attached hydrogens (tertiary/aromatic N) is 2. The molecule has 2 aliphatic rings. The summed E-state index contributed by atoms with van der Waals surface area (Å²) in [4.78, 5) is 7.71. The average molecular weight is 491 g/mol. The largest absolute Gasteiger partial charge is 0.366 e. The lowest BCUT2D eigenvalue weighted by molar-refractivity contribution is 0.321. The van der Waals surface area contributed by atoms with Crippen LogP contribution in [-0.4, -0.2) is 52.2 Å². The Hall–Kier alpha value is -2.41. The van der Waals surface area contributed by atoms with Gasteiger partial charge < -0.3 is 26.6 Å². The summed E-state index contributed by atoms with van der Waals surface area (Å²) < 4.78 is 0. The maximum Gasteiger partial charge on any atom is 0.109 e. The fourth-order valence-electron chi connectivity index (χ4n) is 6.14. The first-order chi connectivity index (χ1) is 17.6. The van der Waals surface area contributed by atoms with Gasteiger partial charge in [0.2, 0.25) is 0 Å². The van der Waals surface area contributed by atoms with Crippen molar-refractivity contribution in [3.8, 4) is 0 Å². The number of hydrogen-bond acceptors (Lipinski definition) is 5. The van der Waals surface area contributed by atoms with Crippen molar-refractivity contribution in [2.45, 2.75) is 57.9 Å². The SMILES string of the molecule is CC1C[C@]2(C)C(=NCCCNCCCCNCCCN)Nc3ccccc3[C@@H]2N(C)c2ccccc21. The Morgan fingerprint density at radius 3 is 2.33 bits per heavy atom. The maximum atomic E-state index is 5.53. The van der Waals surface area contributed by atoms with Crippen molar-refractivity contribution < 1.29 is 0 Å². The second kappa shape index (κ2) is 12.7. The Kier molecular flexibility index (Phi) is 9.41. The van der Waals surface area contributed by atoms with Gasteiger partial charge in [-0.05, 0) is 94.0 Å². The van der Waals surface area contributed by atoms with Crippen LogP contribution in [0.4, 0.5) is 11.4 Å². The zero-order valence-corrected chi connectivity index (χ0v) is 22.5. The van der Waals surface area contributed by atoms with Crippen molar-refractivity contribution in [3.05, 3.63) is 59.7 Å². The molecule has 0 amide bonds. The third-order valence-electron chi connectivity index (χ3n) is 7.91. The summed E-state index contributed by atoms with van der Waals surface area (Å²) in [7, 11) is 2.26. The molecule has 3 atom stereocenters. The first kappa shape index (κ1) is 26.6. The summed E-state index contributed by atoms with van der Waals surface area (Å²) in [5.41, 5.74) is 10.8. The second-order valence-corrected chi connectivity index (χ2v) is 10.7.